The van der Waals surface area contributed by atoms with E-state index in [2.05, 4.69) is 5.10 Å². The van der Waals surface area contributed by atoms with Crippen molar-refractivity contribution in [1.29, 1.82) is 0 Å². The maximum atomic E-state index is 12.9. The average Bonchev–Trinajstić information content (AvgIpc) is 3.02. The molecule has 0 aliphatic carbocycles. The fraction of sp³-hybridized carbons (Fsp3) is 0.250. The lowest BCUT2D eigenvalue weighted by atomic mass is 9.97. The van der Waals surface area contributed by atoms with Crippen LogP contribution in [0.1, 0.15) is 24.5 Å². The van der Waals surface area contributed by atoms with Gasteiger partial charge in [0.05, 0.1) is 19.4 Å². The molecular formula is C20H19ClN2O4. The summed E-state index contributed by atoms with van der Waals surface area (Å²) >= 11 is 5.93. The quantitative estimate of drug-likeness (QED) is 0.801. The minimum atomic E-state index is -1.78. The second-order valence-electron chi connectivity index (χ2n) is 6.14. The van der Waals surface area contributed by atoms with Crippen LogP contribution in [0.2, 0.25) is 5.02 Å². The Morgan fingerprint density at radius 3 is 2.48 bits per heavy atom. The van der Waals surface area contributed by atoms with Gasteiger partial charge in [0.2, 0.25) is 5.91 Å². The largest absolute Gasteiger partial charge is 0.461 e. The van der Waals surface area contributed by atoms with E-state index in [1.54, 1.807) is 31.2 Å². The number of hydrogen-bond donors (Lipinski definition) is 1. The van der Waals surface area contributed by atoms with Crippen LogP contribution >= 0.6 is 11.6 Å². The molecule has 27 heavy (non-hydrogen) atoms. The third kappa shape index (κ3) is 4.02. The molecule has 0 bridgehead atoms. The smallest absolute Gasteiger partial charge is 0.354 e. The minimum absolute atomic E-state index is 0.00397. The molecule has 0 saturated heterocycles. The molecule has 0 fully saturated rings. The lowest BCUT2D eigenvalue weighted by Gasteiger charge is -2.31. The van der Waals surface area contributed by atoms with Crippen molar-refractivity contribution in [3.05, 3.63) is 70.7 Å². The standard InChI is InChI=1S/C20H19ClN2O4/c1-2-27-19(25)17-13-20(26,15-8-10-16(21)11-9-15)23(22-17)18(24)12-14-6-4-3-5-7-14/h3-11,26H,2,12-13H2,1H3/t20-/m1/s1. The molecule has 6 nitrogen and oxygen atoms in total. The number of nitrogens with zero attached hydrogens (tertiary/aromatic N) is 2. The van der Waals surface area contributed by atoms with Crippen molar-refractivity contribution in [3.63, 3.8) is 0 Å². The third-order valence-corrected chi connectivity index (χ3v) is 4.49. The molecule has 2 aromatic carbocycles. The number of esters is 1. The number of hydrogen-bond acceptors (Lipinski definition) is 5. The van der Waals surface area contributed by atoms with E-state index in [0.717, 1.165) is 10.6 Å². The van der Waals surface area contributed by atoms with Crippen LogP contribution in [0.25, 0.3) is 0 Å². The molecule has 140 valence electrons. The summed E-state index contributed by atoms with van der Waals surface area (Å²) in [7, 11) is 0. The molecule has 1 atom stereocenters. The van der Waals surface area contributed by atoms with Gasteiger partial charge < -0.3 is 9.84 Å². The Bertz CT molecular complexity index is 867. The van der Waals surface area contributed by atoms with Gasteiger partial charge in [-0.15, -0.1) is 0 Å². The van der Waals surface area contributed by atoms with Gasteiger partial charge in [-0.3, -0.25) is 4.79 Å². The van der Waals surface area contributed by atoms with Crippen LogP contribution in [0.3, 0.4) is 0 Å². The molecule has 1 aliphatic heterocycles. The summed E-state index contributed by atoms with van der Waals surface area (Å²) in [5.74, 6) is -1.09. The van der Waals surface area contributed by atoms with Crippen LogP contribution < -0.4 is 0 Å². The molecule has 7 heteroatoms. The monoisotopic (exact) mass is 386 g/mol. The second-order valence-corrected chi connectivity index (χ2v) is 6.57. The van der Waals surface area contributed by atoms with E-state index in [1.165, 1.54) is 0 Å². The lowest BCUT2D eigenvalue weighted by Crippen LogP contribution is -2.44. The zero-order valence-electron chi connectivity index (χ0n) is 14.8. The first kappa shape index (κ1) is 19.1. The molecule has 1 aliphatic rings. The minimum Gasteiger partial charge on any atom is -0.461 e. The SMILES string of the molecule is CCOC(=O)C1=NN(C(=O)Cc2ccccc2)[C@](O)(c2ccc(Cl)cc2)C1. The van der Waals surface area contributed by atoms with Gasteiger partial charge in [-0.25, -0.2) is 4.79 Å². The second kappa shape index (κ2) is 7.90. The van der Waals surface area contributed by atoms with Gasteiger partial charge in [0.15, 0.2) is 11.4 Å². The number of rotatable bonds is 5. The van der Waals surface area contributed by atoms with Gasteiger partial charge in [0.25, 0.3) is 0 Å². The number of halogens is 1. The Kier molecular flexibility index (Phi) is 5.58. The van der Waals surface area contributed by atoms with Crippen molar-refractivity contribution in [2.24, 2.45) is 5.10 Å². The van der Waals surface area contributed by atoms with Crippen LogP contribution in [0.4, 0.5) is 0 Å². The van der Waals surface area contributed by atoms with Crippen molar-refractivity contribution in [3.8, 4) is 0 Å². The molecule has 0 radical (unpaired) electrons. The van der Waals surface area contributed by atoms with E-state index in [9.17, 15) is 14.7 Å². The predicted molar refractivity (Wildman–Crippen MR) is 101 cm³/mol. The summed E-state index contributed by atoms with van der Waals surface area (Å²) in [5, 5.41) is 16.8. The maximum absolute atomic E-state index is 12.9. The van der Waals surface area contributed by atoms with E-state index in [1.807, 2.05) is 30.3 Å². The Hall–Kier alpha value is -2.70. The Morgan fingerprint density at radius 1 is 1.19 bits per heavy atom. The van der Waals surface area contributed by atoms with E-state index in [-0.39, 0.29) is 25.2 Å². The molecule has 0 saturated carbocycles. The highest BCUT2D eigenvalue weighted by Crippen LogP contribution is 2.36. The van der Waals surface area contributed by atoms with Crippen LogP contribution in [-0.2, 0) is 26.5 Å². The molecule has 0 aromatic heterocycles. The molecule has 1 amide bonds. The summed E-state index contributed by atoms with van der Waals surface area (Å²) in [5.41, 5.74) is -0.591. The molecule has 2 aromatic rings. The van der Waals surface area contributed by atoms with E-state index < -0.39 is 17.6 Å². The van der Waals surface area contributed by atoms with Crippen LogP contribution in [0.5, 0.6) is 0 Å². The van der Waals surface area contributed by atoms with Crippen molar-refractivity contribution in [2.75, 3.05) is 6.61 Å². The number of benzene rings is 2. The summed E-state index contributed by atoms with van der Waals surface area (Å²) in [6, 6.07) is 15.6. The van der Waals surface area contributed by atoms with Gasteiger partial charge >= 0.3 is 5.97 Å². The van der Waals surface area contributed by atoms with Gasteiger partial charge in [0.1, 0.15) is 0 Å². The van der Waals surface area contributed by atoms with Crippen molar-refractivity contribution < 1.29 is 19.4 Å². The summed E-state index contributed by atoms with van der Waals surface area (Å²) in [4.78, 5) is 25.0. The average molecular weight is 387 g/mol. The van der Waals surface area contributed by atoms with E-state index >= 15 is 0 Å². The van der Waals surface area contributed by atoms with Crippen LogP contribution in [-0.4, -0.2) is 34.3 Å². The Labute approximate surface area is 162 Å². The highest BCUT2D eigenvalue weighted by Gasteiger charge is 2.47. The molecule has 0 unspecified atom stereocenters. The van der Waals surface area contributed by atoms with Crippen LogP contribution in [0.15, 0.2) is 59.7 Å². The Morgan fingerprint density at radius 2 is 1.85 bits per heavy atom. The number of ether oxygens (including phenoxy) is 1. The van der Waals surface area contributed by atoms with E-state index in [0.29, 0.717) is 10.6 Å². The first-order valence-corrected chi connectivity index (χ1v) is 8.92. The molecule has 0 spiro atoms. The number of amides is 1. The topological polar surface area (TPSA) is 79.2 Å². The summed E-state index contributed by atoms with van der Waals surface area (Å²) < 4.78 is 4.98. The molecule has 1 N–H and O–H groups in total. The zero-order chi connectivity index (χ0) is 19.4. The first-order chi connectivity index (χ1) is 12.9. The highest BCUT2D eigenvalue weighted by atomic mass is 35.5. The summed E-state index contributed by atoms with van der Waals surface area (Å²) in [6.07, 6.45) is -0.121. The highest BCUT2D eigenvalue weighted by molar-refractivity contribution is 6.37. The van der Waals surface area contributed by atoms with Gasteiger partial charge in [-0.05, 0) is 24.6 Å². The number of aliphatic hydroxyl groups is 1. The lowest BCUT2D eigenvalue weighted by molar-refractivity contribution is -0.157. The fourth-order valence-corrected chi connectivity index (χ4v) is 3.05. The van der Waals surface area contributed by atoms with Crippen molar-refractivity contribution >= 4 is 29.2 Å². The molecular weight excluding hydrogens is 368 g/mol. The first-order valence-electron chi connectivity index (χ1n) is 8.54. The number of carbonyl (C=O) groups is 2. The third-order valence-electron chi connectivity index (χ3n) is 4.24. The normalized spacial score (nSPS) is 18.9. The predicted octanol–water partition coefficient (Wildman–Crippen LogP) is 2.88. The van der Waals surface area contributed by atoms with Crippen LogP contribution in [0, 0.1) is 0 Å². The van der Waals surface area contributed by atoms with Gasteiger partial charge in [-0.2, -0.15) is 10.1 Å². The maximum Gasteiger partial charge on any atom is 0.354 e. The van der Waals surface area contributed by atoms with Gasteiger partial charge in [-0.1, -0.05) is 54.1 Å². The van der Waals surface area contributed by atoms with Crippen molar-refractivity contribution in [1.82, 2.24) is 5.01 Å². The molecule has 3 rings (SSSR count). The number of hydrazone groups is 1. The fourth-order valence-electron chi connectivity index (χ4n) is 2.92. The molecule has 1 heterocycles. The number of carbonyl (C=O) groups excluding carboxylic acids is 2. The Balaban J connectivity index is 1.94. The van der Waals surface area contributed by atoms with E-state index in [4.69, 9.17) is 16.3 Å². The van der Waals surface area contributed by atoms with Gasteiger partial charge in [0, 0.05) is 10.6 Å². The summed E-state index contributed by atoms with van der Waals surface area (Å²) in [6.45, 7) is 1.85. The zero-order valence-corrected chi connectivity index (χ0v) is 15.5. The van der Waals surface area contributed by atoms with Crippen molar-refractivity contribution in [2.45, 2.75) is 25.5 Å².